The minimum absolute atomic E-state index is 0.370. The predicted molar refractivity (Wildman–Crippen MR) is 63.4 cm³/mol. The van der Waals surface area contributed by atoms with Crippen molar-refractivity contribution in [1.29, 1.82) is 0 Å². The number of aromatic nitrogens is 1. The molecule has 0 unspecified atom stereocenters. The largest absolute Gasteiger partial charge is 0.439 e. The van der Waals surface area contributed by atoms with Crippen LogP contribution >= 0.6 is 11.6 Å². The lowest BCUT2D eigenvalue weighted by Gasteiger charge is -2.18. The van der Waals surface area contributed by atoms with Crippen molar-refractivity contribution < 1.29 is 4.42 Å². The Morgan fingerprint density at radius 1 is 1.31 bits per heavy atom. The van der Waals surface area contributed by atoms with E-state index in [9.17, 15) is 0 Å². The fraction of sp³-hybridized carbons (Fsp3) is 0.417. The van der Waals surface area contributed by atoms with E-state index < -0.39 is 0 Å². The molecule has 3 rings (SSSR count). The van der Waals surface area contributed by atoms with Gasteiger partial charge < -0.3 is 10.2 Å². The third kappa shape index (κ3) is 1.51. The summed E-state index contributed by atoms with van der Waals surface area (Å²) in [5.74, 6) is 0.655. The highest BCUT2D eigenvalue weighted by atomic mass is 35.5. The maximum Gasteiger partial charge on any atom is 0.215 e. The second-order valence-corrected chi connectivity index (χ2v) is 4.93. The van der Waals surface area contributed by atoms with Gasteiger partial charge in [-0.1, -0.05) is 24.4 Å². The smallest absolute Gasteiger partial charge is 0.215 e. The lowest BCUT2D eigenvalue weighted by Crippen LogP contribution is -2.33. The number of halogens is 1. The van der Waals surface area contributed by atoms with Gasteiger partial charge in [0.05, 0.1) is 5.54 Å². The molecule has 0 amide bonds. The number of hydrogen-bond acceptors (Lipinski definition) is 3. The van der Waals surface area contributed by atoms with E-state index in [1.807, 2.05) is 12.1 Å². The minimum atomic E-state index is -0.370. The third-order valence-corrected chi connectivity index (χ3v) is 3.51. The molecule has 1 aliphatic carbocycles. The van der Waals surface area contributed by atoms with Crippen LogP contribution in [0.25, 0.3) is 11.1 Å². The Hall–Kier alpha value is -1.06. The molecule has 1 aromatic carbocycles. The van der Waals surface area contributed by atoms with E-state index in [1.54, 1.807) is 6.07 Å². The predicted octanol–water partition coefficient (Wildman–Crippen LogP) is 3.21. The first kappa shape index (κ1) is 10.1. The Morgan fingerprint density at radius 3 is 2.81 bits per heavy atom. The number of oxazole rings is 1. The number of hydrogen-bond donors (Lipinski definition) is 1. The summed E-state index contributed by atoms with van der Waals surface area (Å²) in [6.45, 7) is 0. The molecule has 0 radical (unpaired) electrons. The van der Waals surface area contributed by atoms with E-state index in [0.717, 1.165) is 36.8 Å². The van der Waals surface area contributed by atoms with Crippen molar-refractivity contribution in [2.45, 2.75) is 31.2 Å². The second-order valence-electron chi connectivity index (χ2n) is 4.49. The summed E-state index contributed by atoms with van der Waals surface area (Å²) in [5, 5.41) is 0.660. The van der Waals surface area contributed by atoms with E-state index in [1.165, 1.54) is 0 Å². The van der Waals surface area contributed by atoms with Crippen LogP contribution in [0.5, 0.6) is 0 Å². The maximum atomic E-state index is 6.29. The number of benzene rings is 1. The van der Waals surface area contributed by atoms with E-state index in [-0.39, 0.29) is 5.54 Å². The van der Waals surface area contributed by atoms with Crippen LogP contribution in [0.2, 0.25) is 5.02 Å². The molecule has 3 nitrogen and oxygen atoms in total. The Morgan fingerprint density at radius 2 is 2.06 bits per heavy atom. The Labute approximate surface area is 98.6 Å². The van der Waals surface area contributed by atoms with Gasteiger partial charge in [0.25, 0.3) is 0 Å². The number of fused-ring (bicyclic) bond motifs is 1. The van der Waals surface area contributed by atoms with Gasteiger partial charge in [-0.3, -0.25) is 0 Å². The molecule has 1 aromatic heterocycles. The molecule has 1 aliphatic rings. The molecule has 84 valence electrons. The zero-order chi connectivity index (χ0) is 11.2. The van der Waals surface area contributed by atoms with Crippen molar-refractivity contribution in [2.75, 3.05) is 0 Å². The average Bonchev–Trinajstić information content (AvgIpc) is 2.84. The van der Waals surface area contributed by atoms with Crippen molar-refractivity contribution in [3.8, 4) is 0 Å². The Balaban J connectivity index is 2.11. The van der Waals surface area contributed by atoms with Crippen molar-refractivity contribution in [1.82, 2.24) is 4.98 Å². The summed E-state index contributed by atoms with van der Waals surface area (Å²) in [6.07, 6.45) is 4.20. The molecular formula is C12H13ClN2O. The van der Waals surface area contributed by atoms with Gasteiger partial charge in [-0.05, 0) is 25.0 Å². The maximum absolute atomic E-state index is 6.29. The average molecular weight is 237 g/mol. The van der Waals surface area contributed by atoms with E-state index in [2.05, 4.69) is 4.98 Å². The van der Waals surface area contributed by atoms with Crippen LogP contribution in [0.15, 0.2) is 22.6 Å². The summed E-state index contributed by atoms with van der Waals surface area (Å²) < 4.78 is 5.72. The lowest BCUT2D eigenvalue weighted by molar-refractivity contribution is 0.346. The third-order valence-electron chi connectivity index (χ3n) is 3.27. The summed E-state index contributed by atoms with van der Waals surface area (Å²) in [7, 11) is 0. The molecule has 16 heavy (non-hydrogen) atoms. The number of nitrogens with zero attached hydrogens (tertiary/aromatic N) is 1. The molecule has 0 bridgehead atoms. The van der Waals surface area contributed by atoms with Crippen LogP contribution in [0, 0.1) is 0 Å². The van der Waals surface area contributed by atoms with Crippen LogP contribution in [0.1, 0.15) is 31.6 Å². The first-order valence-electron chi connectivity index (χ1n) is 5.53. The molecular weight excluding hydrogens is 224 g/mol. The number of nitrogens with two attached hydrogens (primary N) is 1. The summed E-state index contributed by atoms with van der Waals surface area (Å²) in [4.78, 5) is 4.46. The van der Waals surface area contributed by atoms with Gasteiger partial charge >= 0.3 is 0 Å². The molecule has 0 saturated heterocycles. The first-order chi connectivity index (χ1) is 7.67. The highest BCUT2D eigenvalue weighted by Crippen LogP contribution is 2.37. The summed E-state index contributed by atoms with van der Waals surface area (Å²) >= 11 is 5.90. The standard InChI is InChI=1S/C12H13ClN2O/c13-8-3-4-9-10(7-8)16-11(15-9)12(14)5-1-2-6-12/h3-4,7H,1-2,5-6,14H2. The van der Waals surface area contributed by atoms with Crippen LogP contribution < -0.4 is 5.73 Å². The monoisotopic (exact) mass is 236 g/mol. The normalized spacial score (nSPS) is 19.4. The van der Waals surface area contributed by atoms with Crippen LogP contribution in [0.3, 0.4) is 0 Å². The summed E-state index contributed by atoms with van der Waals surface area (Å²) in [5.41, 5.74) is 7.47. The fourth-order valence-corrected chi connectivity index (χ4v) is 2.49. The van der Waals surface area contributed by atoms with Gasteiger partial charge in [-0.25, -0.2) is 4.98 Å². The molecule has 2 aromatic rings. The van der Waals surface area contributed by atoms with Crippen LogP contribution in [0.4, 0.5) is 0 Å². The Bertz CT molecular complexity index is 529. The minimum Gasteiger partial charge on any atom is -0.439 e. The van der Waals surface area contributed by atoms with E-state index in [4.69, 9.17) is 21.8 Å². The fourth-order valence-electron chi connectivity index (χ4n) is 2.33. The molecule has 2 N–H and O–H groups in total. The Kier molecular flexibility index (Phi) is 2.19. The first-order valence-corrected chi connectivity index (χ1v) is 5.91. The zero-order valence-electron chi connectivity index (χ0n) is 8.87. The van der Waals surface area contributed by atoms with Crippen molar-refractivity contribution in [3.63, 3.8) is 0 Å². The van der Waals surface area contributed by atoms with Gasteiger partial charge in [0.1, 0.15) is 5.52 Å². The zero-order valence-corrected chi connectivity index (χ0v) is 9.63. The molecule has 1 saturated carbocycles. The SMILES string of the molecule is NC1(c2nc3ccc(Cl)cc3o2)CCCC1. The van der Waals surface area contributed by atoms with Crippen molar-refractivity contribution in [2.24, 2.45) is 5.73 Å². The van der Waals surface area contributed by atoms with Crippen molar-refractivity contribution >= 4 is 22.7 Å². The van der Waals surface area contributed by atoms with Crippen LogP contribution in [-0.4, -0.2) is 4.98 Å². The van der Waals surface area contributed by atoms with E-state index in [0.29, 0.717) is 10.9 Å². The van der Waals surface area contributed by atoms with Gasteiger partial charge in [-0.2, -0.15) is 0 Å². The second kappa shape index (κ2) is 3.47. The molecule has 0 aliphatic heterocycles. The van der Waals surface area contributed by atoms with Gasteiger partial charge in [0.2, 0.25) is 5.89 Å². The molecule has 0 atom stereocenters. The van der Waals surface area contributed by atoms with Crippen LogP contribution in [-0.2, 0) is 5.54 Å². The van der Waals surface area contributed by atoms with Gasteiger partial charge in [-0.15, -0.1) is 0 Å². The number of rotatable bonds is 1. The van der Waals surface area contributed by atoms with Crippen molar-refractivity contribution in [3.05, 3.63) is 29.1 Å². The topological polar surface area (TPSA) is 52.0 Å². The van der Waals surface area contributed by atoms with E-state index >= 15 is 0 Å². The van der Waals surface area contributed by atoms with Gasteiger partial charge in [0, 0.05) is 11.1 Å². The highest BCUT2D eigenvalue weighted by molar-refractivity contribution is 6.31. The molecule has 1 fully saturated rings. The molecule has 4 heteroatoms. The molecule has 0 spiro atoms. The highest BCUT2D eigenvalue weighted by Gasteiger charge is 2.36. The lowest BCUT2D eigenvalue weighted by atomic mass is 10.00. The summed E-state index contributed by atoms with van der Waals surface area (Å²) in [6, 6.07) is 5.46. The molecule has 1 heterocycles. The quantitative estimate of drug-likeness (QED) is 0.827. The van der Waals surface area contributed by atoms with Gasteiger partial charge in [0.15, 0.2) is 5.58 Å².